The number of ether oxygens (including phenoxy) is 2. The second-order valence-corrected chi connectivity index (χ2v) is 8.09. The summed E-state index contributed by atoms with van der Waals surface area (Å²) in [7, 11) is 2.44. The smallest absolute Gasteiger partial charge is 0.413 e. The van der Waals surface area contributed by atoms with Gasteiger partial charge in [0.25, 0.3) is 0 Å². The minimum atomic E-state index is -1.22. The van der Waals surface area contributed by atoms with Crippen molar-refractivity contribution in [2.45, 2.75) is 5.60 Å². The highest BCUT2D eigenvalue weighted by Crippen LogP contribution is 2.40. The first-order valence-electron chi connectivity index (χ1n) is 10.8. The lowest BCUT2D eigenvalue weighted by Crippen LogP contribution is -2.32. The molecule has 0 atom stereocenters. The largest absolute Gasteiger partial charge is 0.464 e. The van der Waals surface area contributed by atoms with Gasteiger partial charge in [-0.1, -0.05) is 96.2 Å². The molecule has 0 saturated heterocycles. The van der Waals surface area contributed by atoms with Crippen LogP contribution >= 0.6 is 11.5 Å². The Balaban J connectivity index is 1.87. The van der Waals surface area contributed by atoms with Gasteiger partial charge in [0.2, 0.25) is 22.3 Å². The van der Waals surface area contributed by atoms with E-state index >= 15 is 0 Å². The fourth-order valence-electron chi connectivity index (χ4n) is 3.57. The number of methoxy groups -OCH3 is 2. The van der Waals surface area contributed by atoms with E-state index in [-0.39, 0.29) is 16.7 Å². The van der Waals surface area contributed by atoms with Crippen LogP contribution < -0.4 is 5.32 Å². The van der Waals surface area contributed by atoms with E-state index < -0.39 is 17.7 Å². The normalized spacial score (nSPS) is 11.4. The van der Waals surface area contributed by atoms with Crippen LogP contribution in [0.1, 0.15) is 22.5 Å². The lowest BCUT2D eigenvalue weighted by Gasteiger charge is -2.33. The molecule has 1 heterocycles. The van der Waals surface area contributed by atoms with Crippen LogP contribution in [-0.4, -0.2) is 41.4 Å². The molecule has 4 aromatic rings. The maximum atomic E-state index is 12.7. The zero-order chi connectivity index (χ0) is 25.4. The van der Waals surface area contributed by atoms with Crippen molar-refractivity contribution in [2.75, 3.05) is 19.5 Å². The summed E-state index contributed by atoms with van der Waals surface area (Å²) in [6.45, 7) is 0. The molecule has 0 aliphatic heterocycles. The van der Waals surface area contributed by atoms with Gasteiger partial charge < -0.3 is 14.3 Å². The number of anilines is 1. The van der Waals surface area contributed by atoms with Crippen LogP contribution in [0.2, 0.25) is 0 Å². The van der Waals surface area contributed by atoms with Gasteiger partial charge in [-0.15, -0.1) is 0 Å². The van der Waals surface area contributed by atoms with Crippen molar-refractivity contribution in [2.24, 2.45) is 5.16 Å². The second-order valence-electron chi connectivity index (χ2n) is 7.34. The highest BCUT2D eigenvalue weighted by molar-refractivity contribution is 7.10. The first-order chi connectivity index (χ1) is 17.6. The number of hydrogen-bond donors (Lipinski definition) is 1. The standard InChI is InChI=1S/C26H22N4O5S/c1-33-23(31)21(22-27-24(36-30-22)28-25(32)34-2)29-35-26(18-12-6-3-7-13-18,19-14-8-4-9-15-19)20-16-10-5-11-17-20/h3-17H,1-2H3,(H,27,28,30,32)/b29-21-. The molecule has 182 valence electrons. The van der Waals surface area contributed by atoms with Crippen LogP contribution in [0.3, 0.4) is 0 Å². The molecular weight excluding hydrogens is 480 g/mol. The van der Waals surface area contributed by atoms with E-state index in [0.29, 0.717) is 0 Å². The van der Waals surface area contributed by atoms with Crippen LogP contribution in [0.15, 0.2) is 96.2 Å². The predicted molar refractivity (Wildman–Crippen MR) is 135 cm³/mol. The van der Waals surface area contributed by atoms with Crippen LogP contribution in [0.25, 0.3) is 0 Å². The van der Waals surface area contributed by atoms with Gasteiger partial charge >= 0.3 is 12.1 Å². The fraction of sp³-hybridized carbons (Fsp3) is 0.115. The van der Waals surface area contributed by atoms with E-state index in [2.05, 4.69) is 24.6 Å². The molecule has 1 N–H and O–H groups in total. The number of amides is 1. The van der Waals surface area contributed by atoms with E-state index in [0.717, 1.165) is 28.2 Å². The van der Waals surface area contributed by atoms with E-state index in [9.17, 15) is 9.59 Å². The Morgan fingerprint density at radius 2 is 1.31 bits per heavy atom. The third-order valence-electron chi connectivity index (χ3n) is 5.23. The lowest BCUT2D eigenvalue weighted by molar-refractivity contribution is -0.133. The summed E-state index contributed by atoms with van der Waals surface area (Å²) in [5.74, 6) is -0.873. The second kappa shape index (κ2) is 11.2. The third-order valence-corrected chi connectivity index (χ3v) is 5.86. The zero-order valence-electron chi connectivity index (χ0n) is 19.5. The topological polar surface area (TPSA) is 112 Å². The molecule has 0 radical (unpaired) electrons. The number of rotatable bonds is 8. The van der Waals surface area contributed by atoms with Crippen molar-refractivity contribution < 1.29 is 23.9 Å². The minimum absolute atomic E-state index is 0.0682. The molecule has 0 bridgehead atoms. The molecule has 0 spiro atoms. The zero-order valence-corrected chi connectivity index (χ0v) is 20.3. The Bertz CT molecular complexity index is 1250. The van der Waals surface area contributed by atoms with Gasteiger partial charge in [-0.2, -0.15) is 9.36 Å². The van der Waals surface area contributed by atoms with Crippen LogP contribution in [0, 0.1) is 0 Å². The van der Waals surface area contributed by atoms with Crippen molar-refractivity contribution in [1.82, 2.24) is 9.36 Å². The highest BCUT2D eigenvalue weighted by atomic mass is 32.1. The van der Waals surface area contributed by atoms with Crippen molar-refractivity contribution in [1.29, 1.82) is 0 Å². The van der Waals surface area contributed by atoms with Crippen molar-refractivity contribution in [3.63, 3.8) is 0 Å². The molecule has 36 heavy (non-hydrogen) atoms. The summed E-state index contributed by atoms with van der Waals surface area (Å²) >= 11 is 0.855. The van der Waals surface area contributed by atoms with Crippen LogP contribution in [0.5, 0.6) is 0 Å². The number of carbonyl (C=O) groups excluding carboxylic acids is 2. The van der Waals surface area contributed by atoms with E-state index in [1.54, 1.807) is 0 Å². The quantitative estimate of drug-likeness (QED) is 0.162. The van der Waals surface area contributed by atoms with Crippen molar-refractivity contribution >= 4 is 34.4 Å². The molecular formula is C26H22N4O5S. The number of aromatic nitrogens is 2. The summed E-state index contributed by atoms with van der Waals surface area (Å²) in [6, 6.07) is 28.7. The number of hydrogen-bond acceptors (Lipinski definition) is 9. The minimum Gasteiger partial charge on any atom is -0.464 e. The van der Waals surface area contributed by atoms with E-state index in [1.807, 2.05) is 91.0 Å². The van der Waals surface area contributed by atoms with Gasteiger partial charge in [0, 0.05) is 28.2 Å². The molecule has 0 aliphatic carbocycles. The Hall–Kier alpha value is -4.57. The number of carbonyl (C=O) groups is 2. The Morgan fingerprint density at radius 3 is 1.75 bits per heavy atom. The number of nitrogens with one attached hydrogen (secondary N) is 1. The number of esters is 1. The van der Waals surface area contributed by atoms with Gasteiger partial charge in [-0.25, -0.2) is 9.59 Å². The molecule has 0 unspecified atom stereocenters. The van der Waals surface area contributed by atoms with Crippen molar-refractivity contribution in [3.8, 4) is 0 Å². The molecule has 0 aliphatic rings. The molecule has 10 heteroatoms. The highest BCUT2D eigenvalue weighted by Gasteiger charge is 2.40. The maximum absolute atomic E-state index is 12.7. The molecule has 9 nitrogen and oxygen atoms in total. The summed E-state index contributed by atoms with van der Waals surface area (Å²) in [5.41, 5.74) is 0.879. The summed E-state index contributed by atoms with van der Waals surface area (Å²) in [4.78, 5) is 34.8. The van der Waals surface area contributed by atoms with Gasteiger partial charge in [-0.05, 0) is 0 Å². The molecule has 1 aromatic heterocycles. The average Bonchev–Trinajstić information content (AvgIpc) is 3.40. The first kappa shape index (κ1) is 24.6. The van der Waals surface area contributed by atoms with Gasteiger partial charge in [-0.3, -0.25) is 5.32 Å². The Labute approximate surface area is 211 Å². The Morgan fingerprint density at radius 1 is 0.806 bits per heavy atom. The SMILES string of the molecule is COC(=O)Nc1nc(/C(=N/OC(c2ccccc2)(c2ccccc2)c2ccccc2)C(=O)OC)ns1. The van der Waals surface area contributed by atoms with Crippen LogP contribution in [-0.2, 0) is 24.7 Å². The average molecular weight is 503 g/mol. The molecule has 0 fully saturated rings. The van der Waals surface area contributed by atoms with E-state index in [4.69, 9.17) is 9.57 Å². The fourth-order valence-corrected chi connectivity index (χ4v) is 4.12. The maximum Gasteiger partial charge on any atom is 0.413 e. The number of benzene rings is 3. The van der Waals surface area contributed by atoms with Gasteiger partial charge in [0.15, 0.2) is 0 Å². The number of oxime groups is 1. The molecule has 4 rings (SSSR count). The third kappa shape index (κ3) is 5.08. The monoisotopic (exact) mass is 502 g/mol. The summed E-state index contributed by atoms with van der Waals surface area (Å²) < 4.78 is 13.6. The molecule has 1 amide bonds. The molecule has 3 aromatic carbocycles. The van der Waals surface area contributed by atoms with Gasteiger partial charge in [0.1, 0.15) is 0 Å². The van der Waals surface area contributed by atoms with Crippen LogP contribution in [0.4, 0.5) is 9.93 Å². The first-order valence-corrected chi connectivity index (χ1v) is 11.6. The predicted octanol–water partition coefficient (Wildman–Crippen LogP) is 4.60. The van der Waals surface area contributed by atoms with E-state index in [1.165, 1.54) is 14.2 Å². The lowest BCUT2D eigenvalue weighted by atomic mass is 9.80. The molecule has 0 saturated carbocycles. The van der Waals surface area contributed by atoms with Crippen molar-refractivity contribution in [3.05, 3.63) is 114 Å². The summed E-state index contributed by atoms with van der Waals surface area (Å²) in [6.07, 6.45) is -0.721. The number of nitrogens with zero attached hydrogens (tertiary/aromatic N) is 3. The Kier molecular flexibility index (Phi) is 7.66. The van der Waals surface area contributed by atoms with Gasteiger partial charge in [0.05, 0.1) is 14.2 Å². The summed E-state index contributed by atoms with van der Waals surface area (Å²) in [5, 5.41) is 6.79.